The molecule has 1 saturated heterocycles. The van der Waals surface area contributed by atoms with Crippen LogP contribution in [0.25, 0.3) is 0 Å². The van der Waals surface area contributed by atoms with Crippen molar-refractivity contribution in [2.75, 3.05) is 26.2 Å². The first-order chi connectivity index (χ1) is 12.5. The molecule has 2 aliphatic rings. The molecule has 1 aromatic heterocycles. The molecule has 0 spiro atoms. The van der Waals surface area contributed by atoms with Crippen molar-refractivity contribution in [2.24, 2.45) is 5.92 Å². The summed E-state index contributed by atoms with van der Waals surface area (Å²) in [6.45, 7) is 4.02. The average Bonchev–Trinajstić information content (AvgIpc) is 3.31. The molecular formula is C18H28N2O5S. The maximum Gasteiger partial charge on any atom is 0.287 e. The van der Waals surface area contributed by atoms with E-state index in [-0.39, 0.29) is 17.0 Å². The first-order valence-electron chi connectivity index (χ1n) is 9.48. The van der Waals surface area contributed by atoms with Gasteiger partial charge >= 0.3 is 0 Å². The maximum atomic E-state index is 12.4. The fourth-order valence-corrected chi connectivity index (χ4v) is 5.06. The van der Waals surface area contributed by atoms with Crippen molar-refractivity contribution in [1.82, 2.24) is 9.62 Å². The molecule has 1 N–H and O–H groups in total. The first-order valence-corrected chi connectivity index (χ1v) is 10.9. The summed E-state index contributed by atoms with van der Waals surface area (Å²) in [6.07, 6.45) is 6.70. The predicted molar refractivity (Wildman–Crippen MR) is 96.4 cm³/mol. The molecule has 0 radical (unpaired) electrons. The highest BCUT2D eigenvalue weighted by molar-refractivity contribution is 7.89. The molecule has 3 rings (SSSR count). The molecule has 1 aliphatic carbocycles. The van der Waals surface area contributed by atoms with E-state index in [1.165, 1.54) is 35.7 Å². The summed E-state index contributed by atoms with van der Waals surface area (Å²) in [4.78, 5) is 12.2. The standard InChI is InChI=1S/C18H28N2O5S/c1-14-6-2-3-7-15(14)24-13-10-19-18(21)16-8-9-17(25-16)26(22,23)20-11-4-5-12-20/h8-9,14-15H,2-7,10-13H2,1H3,(H,19,21). The van der Waals surface area contributed by atoms with Crippen LogP contribution in [-0.4, -0.2) is 51.0 Å². The number of sulfonamides is 1. The number of nitrogens with zero attached hydrogens (tertiary/aromatic N) is 1. The van der Waals surface area contributed by atoms with Gasteiger partial charge < -0.3 is 14.5 Å². The zero-order valence-electron chi connectivity index (χ0n) is 15.3. The molecule has 1 aromatic rings. The molecule has 2 atom stereocenters. The Morgan fingerprint density at radius 3 is 2.69 bits per heavy atom. The maximum absolute atomic E-state index is 12.4. The highest BCUT2D eigenvalue weighted by Gasteiger charge is 2.30. The van der Waals surface area contributed by atoms with Crippen LogP contribution in [0.4, 0.5) is 0 Å². The molecule has 2 heterocycles. The Kier molecular flexibility index (Phi) is 6.37. The normalized spacial score (nSPS) is 24.7. The van der Waals surface area contributed by atoms with Gasteiger partial charge in [-0.05, 0) is 43.7 Å². The van der Waals surface area contributed by atoms with Gasteiger partial charge in [0.15, 0.2) is 5.76 Å². The van der Waals surface area contributed by atoms with E-state index in [4.69, 9.17) is 9.15 Å². The highest BCUT2D eigenvalue weighted by atomic mass is 32.2. The third-order valence-corrected chi connectivity index (χ3v) is 6.99. The van der Waals surface area contributed by atoms with Crippen molar-refractivity contribution in [2.45, 2.75) is 56.6 Å². The lowest BCUT2D eigenvalue weighted by Crippen LogP contribution is -2.31. The molecule has 7 nitrogen and oxygen atoms in total. The number of rotatable bonds is 7. The second-order valence-electron chi connectivity index (χ2n) is 7.16. The van der Waals surface area contributed by atoms with Gasteiger partial charge in [-0.25, -0.2) is 8.42 Å². The fraction of sp³-hybridized carbons (Fsp3) is 0.722. The summed E-state index contributed by atoms with van der Waals surface area (Å²) in [7, 11) is -3.64. The van der Waals surface area contributed by atoms with E-state index in [0.29, 0.717) is 32.2 Å². The summed E-state index contributed by atoms with van der Waals surface area (Å²) in [5.41, 5.74) is 0. The van der Waals surface area contributed by atoms with Crippen molar-refractivity contribution < 1.29 is 22.4 Å². The number of carbonyl (C=O) groups excluding carboxylic acids is 1. The van der Waals surface area contributed by atoms with Crippen molar-refractivity contribution >= 4 is 15.9 Å². The minimum absolute atomic E-state index is 0.00815. The van der Waals surface area contributed by atoms with E-state index in [9.17, 15) is 13.2 Å². The van der Waals surface area contributed by atoms with Crippen LogP contribution in [0.3, 0.4) is 0 Å². The SMILES string of the molecule is CC1CCCCC1OCCNC(=O)c1ccc(S(=O)(=O)N2CCCC2)o1. The van der Waals surface area contributed by atoms with Gasteiger partial charge in [0.2, 0.25) is 5.09 Å². The summed E-state index contributed by atoms with van der Waals surface area (Å²) in [6, 6.07) is 2.76. The summed E-state index contributed by atoms with van der Waals surface area (Å²) < 4.78 is 37.4. The van der Waals surface area contributed by atoms with E-state index in [0.717, 1.165) is 19.3 Å². The number of amides is 1. The van der Waals surface area contributed by atoms with Crippen molar-refractivity contribution in [1.29, 1.82) is 0 Å². The van der Waals surface area contributed by atoms with Crippen LogP contribution < -0.4 is 5.32 Å². The summed E-state index contributed by atoms with van der Waals surface area (Å²) in [5.74, 6) is 0.143. The third-order valence-electron chi connectivity index (χ3n) is 5.22. The summed E-state index contributed by atoms with van der Waals surface area (Å²) >= 11 is 0. The molecule has 1 saturated carbocycles. The van der Waals surface area contributed by atoms with Crippen LogP contribution in [-0.2, 0) is 14.8 Å². The lowest BCUT2D eigenvalue weighted by molar-refractivity contribution is -0.00301. The first kappa shape index (κ1) is 19.4. The van der Waals surface area contributed by atoms with Crippen LogP contribution in [0.1, 0.15) is 56.0 Å². The monoisotopic (exact) mass is 384 g/mol. The van der Waals surface area contributed by atoms with Gasteiger partial charge in [-0.15, -0.1) is 0 Å². The van der Waals surface area contributed by atoms with Crippen LogP contribution in [0.15, 0.2) is 21.6 Å². The van der Waals surface area contributed by atoms with E-state index >= 15 is 0 Å². The lowest BCUT2D eigenvalue weighted by atomic mass is 9.88. The van der Waals surface area contributed by atoms with Gasteiger partial charge in [0.25, 0.3) is 15.9 Å². The molecule has 2 unspecified atom stereocenters. The largest absolute Gasteiger partial charge is 0.438 e. The number of nitrogens with one attached hydrogen (secondary N) is 1. The van der Waals surface area contributed by atoms with E-state index < -0.39 is 15.9 Å². The van der Waals surface area contributed by atoms with Crippen molar-refractivity contribution in [3.05, 3.63) is 17.9 Å². The minimum atomic E-state index is -3.64. The molecule has 1 amide bonds. The van der Waals surface area contributed by atoms with Crippen molar-refractivity contribution in [3.8, 4) is 0 Å². The van der Waals surface area contributed by atoms with Crippen LogP contribution in [0.5, 0.6) is 0 Å². The quantitative estimate of drug-likeness (QED) is 0.729. The Bertz CT molecular complexity index is 709. The second-order valence-corrected chi connectivity index (χ2v) is 9.03. The molecule has 1 aliphatic heterocycles. The smallest absolute Gasteiger partial charge is 0.287 e. The molecule has 0 bridgehead atoms. The lowest BCUT2D eigenvalue weighted by Gasteiger charge is -2.28. The van der Waals surface area contributed by atoms with Crippen molar-refractivity contribution in [3.63, 3.8) is 0 Å². The Hall–Kier alpha value is -1.38. The van der Waals surface area contributed by atoms with Crippen LogP contribution >= 0.6 is 0 Å². The second kappa shape index (κ2) is 8.54. The predicted octanol–water partition coefficient (Wildman–Crippen LogP) is 2.39. The Morgan fingerprint density at radius 2 is 1.96 bits per heavy atom. The molecule has 146 valence electrons. The fourth-order valence-electron chi connectivity index (χ4n) is 3.63. The Labute approximate surface area is 155 Å². The van der Waals surface area contributed by atoms with Gasteiger partial charge in [0.05, 0.1) is 12.7 Å². The molecule has 26 heavy (non-hydrogen) atoms. The van der Waals surface area contributed by atoms with Gasteiger partial charge in [-0.2, -0.15) is 4.31 Å². The molecule has 8 heteroatoms. The number of ether oxygens (including phenoxy) is 1. The third kappa shape index (κ3) is 4.47. The summed E-state index contributed by atoms with van der Waals surface area (Å²) in [5, 5.41) is 2.55. The Balaban J connectivity index is 1.47. The van der Waals surface area contributed by atoms with Crippen LogP contribution in [0.2, 0.25) is 0 Å². The minimum Gasteiger partial charge on any atom is -0.438 e. The number of hydrogen-bond donors (Lipinski definition) is 1. The average molecular weight is 384 g/mol. The Morgan fingerprint density at radius 1 is 1.23 bits per heavy atom. The van der Waals surface area contributed by atoms with Gasteiger partial charge in [-0.3, -0.25) is 4.79 Å². The zero-order chi connectivity index (χ0) is 18.6. The van der Waals surface area contributed by atoms with Gasteiger partial charge in [-0.1, -0.05) is 19.8 Å². The van der Waals surface area contributed by atoms with E-state index in [2.05, 4.69) is 12.2 Å². The van der Waals surface area contributed by atoms with Gasteiger partial charge in [0.1, 0.15) is 0 Å². The van der Waals surface area contributed by atoms with E-state index in [1.807, 2.05) is 0 Å². The molecule has 0 aromatic carbocycles. The van der Waals surface area contributed by atoms with Crippen LogP contribution in [0, 0.1) is 5.92 Å². The topological polar surface area (TPSA) is 88.8 Å². The number of furan rings is 1. The molecular weight excluding hydrogens is 356 g/mol. The van der Waals surface area contributed by atoms with E-state index in [1.54, 1.807) is 0 Å². The van der Waals surface area contributed by atoms with Gasteiger partial charge in [0, 0.05) is 19.6 Å². The zero-order valence-corrected chi connectivity index (χ0v) is 16.1. The highest BCUT2D eigenvalue weighted by Crippen LogP contribution is 2.26. The number of carbonyl (C=O) groups is 1. The number of hydrogen-bond acceptors (Lipinski definition) is 5. The molecule has 2 fully saturated rings.